The maximum atomic E-state index is 12.6. The number of ether oxygens (including phenoxy) is 1. The average molecular weight is 397 g/mol. The minimum absolute atomic E-state index is 0.109. The van der Waals surface area contributed by atoms with Crippen LogP contribution in [0.2, 0.25) is 0 Å². The third-order valence-electron chi connectivity index (χ3n) is 3.95. The van der Waals surface area contributed by atoms with Crippen LogP contribution in [0.3, 0.4) is 0 Å². The lowest BCUT2D eigenvalue weighted by Gasteiger charge is -2.15. The van der Waals surface area contributed by atoms with Crippen molar-refractivity contribution in [3.05, 3.63) is 78.6 Å². The quantitative estimate of drug-likeness (QED) is 0.658. The summed E-state index contributed by atoms with van der Waals surface area (Å²) in [5, 5.41) is 1.48. The number of benzene rings is 2. The van der Waals surface area contributed by atoms with Crippen LogP contribution in [0.25, 0.3) is 0 Å². The summed E-state index contributed by atoms with van der Waals surface area (Å²) in [6.07, 6.45) is 4.30. The number of amides is 1. The maximum Gasteiger partial charge on any atom is 0.321 e. The molecule has 8 heteroatoms. The minimum Gasteiger partial charge on any atom is -0.424 e. The van der Waals surface area contributed by atoms with E-state index in [1.54, 1.807) is 54.9 Å². The topological polar surface area (TPSA) is 98.2 Å². The summed E-state index contributed by atoms with van der Waals surface area (Å²) in [6.45, 7) is 0. The summed E-state index contributed by atoms with van der Waals surface area (Å²) in [4.78, 5) is 20.5. The van der Waals surface area contributed by atoms with Crippen LogP contribution >= 0.6 is 0 Å². The molecule has 144 valence electrons. The molecule has 0 bridgehead atoms. The summed E-state index contributed by atoms with van der Waals surface area (Å²) in [5.74, 6) is -0.0837. The van der Waals surface area contributed by atoms with Gasteiger partial charge < -0.3 is 10.1 Å². The second-order valence-electron chi connectivity index (χ2n) is 6.15. The van der Waals surface area contributed by atoms with Gasteiger partial charge in [-0.3, -0.25) is 4.79 Å². The van der Waals surface area contributed by atoms with Crippen molar-refractivity contribution in [1.29, 1.82) is 0 Å². The number of aromatic nitrogens is 2. The molecular weight excluding hydrogens is 378 g/mol. The third kappa shape index (κ3) is 5.37. The number of sulfone groups is 1. The SMILES string of the molecule is CS(=O)(=O)[C@@H](Cc1ccccc1)C(=O)Nc1ccc(Oc2ncccn2)cc1. The normalized spacial score (nSPS) is 12.2. The number of anilines is 1. The molecular formula is C20H19N3O4S. The van der Waals surface area contributed by atoms with Gasteiger partial charge in [-0.1, -0.05) is 30.3 Å². The summed E-state index contributed by atoms with van der Waals surface area (Å²) >= 11 is 0. The average Bonchev–Trinajstić information content (AvgIpc) is 2.68. The Hall–Kier alpha value is -3.26. The lowest BCUT2D eigenvalue weighted by atomic mass is 10.1. The van der Waals surface area contributed by atoms with Gasteiger partial charge in [-0.25, -0.2) is 18.4 Å². The van der Waals surface area contributed by atoms with Gasteiger partial charge in [-0.2, -0.15) is 0 Å². The van der Waals surface area contributed by atoms with Crippen LogP contribution in [-0.2, 0) is 21.1 Å². The van der Waals surface area contributed by atoms with E-state index in [9.17, 15) is 13.2 Å². The van der Waals surface area contributed by atoms with Crippen molar-refractivity contribution in [2.75, 3.05) is 11.6 Å². The smallest absolute Gasteiger partial charge is 0.321 e. The van der Waals surface area contributed by atoms with E-state index in [1.165, 1.54) is 0 Å². The molecule has 28 heavy (non-hydrogen) atoms. The number of hydrogen-bond acceptors (Lipinski definition) is 6. The van der Waals surface area contributed by atoms with Crippen LogP contribution < -0.4 is 10.1 Å². The van der Waals surface area contributed by atoms with Crippen molar-refractivity contribution in [3.63, 3.8) is 0 Å². The molecule has 0 saturated carbocycles. The highest BCUT2D eigenvalue weighted by Gasteiger charge is 2.29. The van der Waals surface area contributed by atoms with Crippen LogP contribution in [-0.4, -0.2) is 35.8 Å². The highest BCUT2D eigenvalue weighted by molar-refractivity contribution is 7.92. The van der Waals surface area contributed by atoms with E-state index < -0.39 is 21.0 Å². The first-order valence-corrected chi connectivity index (χ1v) is 10.5. The number of carbonyl (C=O) groups excluding carboxylic acids is 1. The van der Waals surface area contributed by atoms with E-state index in [0.29, 0.717) is 11.4 Å². The molecule has 0 aliphatic heterocycles. The van der Waals surface area contributed by atoms with Crippen LogP contribution in [0.15, 0.2) is 73.1 Å². The van der Waals surface area contributed by atoms with Gasteiger partial charge in [0.05, 0.1) is 0 Å². The van der Waals surface area contributed by atoms with Gasteiger partial charge in [0.2, 0.25) is 5.91 Å². The molecule has 2 aromatic carbocycles. The summed E-state index contributed by atoms with van der Waals surface area (Å²) in [6, 6.07) is 17.4. The highest BCUT2D eigenvalue weighted by atomic mass is 32.2. The number of hydrogen-bond donors (Lipinski definition) is 1. The van der Waals surface area contributed by atoms with Gasteiger partial charge in [0.15, 0.2) is 9.84 Å². The van der Waals surface area contributed by atoms with Crippen molar-refractivity contribution >= 4 is 21.4 Å². The van der Waals surface area contributed by atoms with E-state index in [2.05, 4.69) is 15.3 Å². The van der Waals surface area contributed by atoms with Crippen molar-refractivity contribution in [3.8, 4) is 11.8 Å². The highest BCUT2D eigenvalue weighted by Crippen LogP contribution is 2.20. The molecule has 0 saturated heterocycles. The maximum absolute atomic E-state index is 12.6. The van der Waals surface area contributed by atoms with Crippen molar-refractivity contribution in [2.24, 2.45) is 0 Å². The van der Waals surface area contributed by atoms with Gasteiger partial charge in [0.25, 0.3) is 0 Å². The van der Waals surface area contributed by atoms with E-state index in [4.69, 9.17) is 4.74 Å². The van der Waals surface area contributed by atoms with Gasteiger partial charge in [-0.05, 0) is 42.3 Å². The fraction of sp³-hybridized carbons (Fsp3) is 0.150. The van der Waals surface area contributed by atoms with E-state index in [0.717, 1.165) is 11.8 Å². The summed E-state index contributed by atoms with van der Waals surface area (Å²) < 4.78 is 29.7. The predicted octanol–water partition coefficient (Wildman–Crippen LogP) is 2.86. The lowest BCUT2D eigenvalue weighted by Crippen LogP contribution is -2.36. The molecule has 1 atom stereocenters. The number of nitrogens with zero attached hydrogens (tertiary/aromatic N) is 2. The van der Waals surface area contributed by atoms with E-state index in [-0.39, 0.29) is 12.4 Å². The second-order valence-corrected chi connectivity index (χ2v) is 8.38. The van der Waals surface area contributed by atoms with Crippen LogP contribution in [0.4, 0.5) is 5.69 Å². The molecule has 0 radical (unpaired) electrons. The third-order valence-corrected chi connectivity index (χ3v) is 5.36. The Morgan fingerprint density at radius 1 is 1.00 bits per heavy atom. The monoisotopic (exact) mass is 397 g/mol. The number of nitrogens with one attached hydrogen (secondary N) is 1. The fourth-order valence-corrected chi connectivity index (χ4v) is 3.48. The van der Waals surface area contributed by atoms with E-state index in [1.807, 2.05) is 18.2 Å². The Morgan fingerprint density at radius 2 is 1.64 bits per heavy atom. The molecule has 1 heterocycles. The largest absolute Gasteiger partial charge is 0.424 e. The predicted molar refractivity (Wildman–Crippen MR) is 106 cm³/mol. The Morgan fingerprint density at radius 3 is 2.25 bits per heavy atom. The summed E-state index contributed by atoms with van der Waals surface area (Å²) in [5.41, 5.74) is 1.24. The number of carbonyl (C=O) groups is 1. The van der Waals surface area contributed by atoms with Crippen LogP contribution in [0, 0.1) is 0 Å². The first-order chi connectivity index (χ1) is 13.4. The van der Waals surface area contributed by atoms with Gasteiger partial charge in [0, 0.05) is 24.3 Å². The first kappa shape index (κ1) is 19.5. The molecule has 1 aromatic heterocycles. The molecule has 3 aromatic rings. The molecule has 0 aliphatic carbocycles. The van der Waals surface area contributed by atoms with Crippen molar-refractivity contribution < 1.29 is 17.9 Å². The Kier molecular flexibility index (Phi) is 6.00. The Balaban J connectivity index is 1.69. The standard InChI is InChI=1S/C20H19N3O4S/c1-28(25,26)18(14-15-6-3-2-4-7-15)19(24)23-16-8-10-17(11-9-16)27-20-21-12-5-13-22-20/h2-13,18H,14H2,1H3,(H,23,24)/t18-/m0/s1. The molecule has 1 N–H and O–H groups in total. The fourth-order valence-electron chi connectivity index (χ4n) is 2.54. The van der Waals surface area contributed by atoms with Crippen molar-refractivity contribution in [2.45, 2.75) is 11.7 Å². The zero-order valence-corrected chi connectivity index (χ0v) is 16.0. The molecule has 0 unspecified atom stereocenters. The molecule has 3 rings (SSSR count). The minimum atomic E-state index is -3.58. The van der Waals surface area contributed by atoms with Crippen LogP contribution in [0.5, 0.6) is 11.8 Å². The zero-order valence-electron chi connectivity index (χ0n) is 15.1. The lowest BCUT2D eigenvalue weighted by molar-refractivity contribution is -0.115. The van der Waals surface area contributed by atoms with Gasteiger partial charge in [0.1, 0.15) is 11.0 Å². The Labute approximate surface area is 163 Å². The number of rotatable bonds is 7. The second kappa shape index (κ2) is 8.62. The van der Waals surface area contributed by atoms with Crippen molar-refractivity contribution in [1.82, 2.24) is 9.97 Å². The molecule has 0 spiro atoms. The molecule has 7 nitrogen and oxygen atoms in total. The molecule has 1 amide bonds. The van der Waals surface area contributed by atoms with E-state index >= 15 is 0 Å². The molecule has 0 fully saturated rings. The summed E-state index contributed by atoms with van der Waals surface area (Å²) in [7, 11) is -3.58. The molecule has 0 aliphatic rings. The van der Waals surface area contributed by atoms with Gasteiger partial charge in [-0.15, -0.1) is 0 Å². The van der Waals surface area contributed by atoms with Crippen LogP contribution in [0.1, 0.15) is 5.56 Å². The van der Waals surface area contributed by atoms with Gasteiger partial charge >= 0.3 is 6.01 Å². The first-order valence-electron chi connectivity index (χ1n) is 8.50. The zero-order chi connectivity index (χ0) is 20.0. The Bertz CT molecular complexity index is 1020.